The molecule has 2 heterocycles. The van der Waals surface area contributed by atoms with E-state index in [4.69, 9.17) is 0 Å². The van der Waals surface area contributed by atoms with E-state index in [2.05, 4.69) is 37.2 Å². The summed E-state index contributed by atoms with van der Waals surface area (Å²) in [5, 5.41) is 20.7. The summed E-state index contributed by atoms with van der Waals surface area (Å²) in [5.74, 6) is -3.56. The van der Waals surface area contributed by atoms with Crippen LogP contribution in [0.5, 0.6) is 0 Å². The molecule has 0 unspecified atom stereocenters. The molecule has 0 aliphatic carbocycles. The van der Waals surface area contributed by atoms with Gasteiger partial charge in [-0.1, -0.05) is 151 Å². The second kappa shape index (κ2) is 27.2. The van der Waals surface area contributed by atoms with Crippen LogP contribution < -0.4 is 37.2 Å². The highest BCUT2D eigenvalue weighted by Gasteiger charge is 2.47. The number of amides is 7. The summed E-state index contributed by atoms with van der Waals surface area (Å²) in [6.07, 6.45) is 0.297. The van der Waals surface area contributed by atoms with Gasteiger partial charge in [-0.15, -0.1) is 0 Å². The van der Waals surface area contributed by atoms with Crippen molar-refractivity contribution in [2.75, 3.05) is 27.2 Å². The van der Waals surface area contributed by atoms with Gasteiger partial charge in [-0.25, -0.2) is 0 Å². The van der Waals surface area contributed by atoms with Gasteiger partial charge in [0.15, 0.2) is 5.78 Å². The molecular formula is C65H81N9O8. The van der Waals surface area contributed by atoms with E-state index in [0.717, 1.165) is 33.4 Å². The van der Waals surface area contributed by atoms with Gasteiger partial charge in [0.1, 0.15) is 24.2 Å². The van der Waals surface area contributed by atoms with Gasteiger partial charge in [-0.3, -0.25) is 38.4 Å². The fourth-order valence-electron chi connectivity index (χ4n) is 10.5. The number of Topliss-reactive ketones (excluding diaryl/α,β-unsaturated/α-hetero) is 1. The van der Waals surface area contributed by atoms with Crippen LogP contribution in [0.1, 0.15) is 106 Å². The third kappa shape index (κ3) is 15.7. The molecule has 82 heavy (non-hydrogen) atoms. The number of nitrogens with zero attached hydrogens (tertiary/aromatic N) is 2. The van der Waals surface area contributed by atoms with E-state index in [-0.39, 0.29) is 74.5 Å². The number of hydrogen-bond donors (Lipinski definition) is 7. The van der Waals surface area contributed by atoms with Crippen LogP contribution in [-0.4, -0.2) is 126 Å². The molecule has 2 fully saturated rings. The summed E-state index contributed by atoms with van der Waals surface area (Å²) in [6.45, 7) is 14.9. The van der Waals surface area contributed by atoms with E-state index in [1.807, 2.05) is 151 Å². The fourth-order valence-corrected chi connectivity index (χ4v) is 10.5. The Bertz CT molecular complexity index is 2880. The molecule has 434 valence electrons. The van der Waals surface area contributed by atoms with Crippen LogP contribution in [-0.2, 0) is 41.9 Å². The molecule has 2 aliphatic heterocycles. The monoisotopic (exact) mass is 1120 g/mol. The summed E-state index contributed by atoms with van der Waals surface area (Å²) in [7, 11) is 3.30. The molecule has 5 aromatic rings. The predicted octanol–water partition coefficient (Wildman–Crippen LogP) is 6.42. The van der Waals surface area contributed by atoms with Crippen molar-refractivity contribution in [2.45, 2.75) is 130 Å². The molecule has 7 N–H and O–H groups in total. The van der Waals surface area contributed by atoms with Gasteiger partial charge in [0.25, 0.3) is 5.91 Å². The molecule has 2 saturated heterocycles. The highest BCUT2D eigenvalue weighted by Crippen LogP contribution is 2.33. The van der Waals surface area contributed by atoms with Crippen LogP contribution in [0, 0.1) is 16.7 Å². The van der Waals surface area contributed by atoms with Crippen LogP contribution in [0.4, 0.5) is 0 Å². The van der Waals surface area contributed by atoms with E-state index in [9.17, 15) is 38.4 Å². The Labute approximate surface area is 482 Å². The number of benzene rings is 5. The van der Waals surface area contributed by atoms with Crippen molar-refractivity contribution in [3.05, 3.63) is 156 Å². The minimum atomic E-state index is -1.00. The van der Waals surface area contributed by atoms with Gasteiger partial charge in [0.05, 0.1) is 12.1 Å². The maximum Gasteiger partial charge on any atom is 0.251 e. The minimum absolute atomic E-state index is 0.000704. The summed E-state index contributed by atoms with van der Waals surface area (Å²) in [4.78, 5) is 115. The molecule has 17 heteroatoms. The van der Waals surface area contributed by atoms with Crippen molar-refractivity contribution in [1.82, 2.24) is 47.0 Å². The van der Waals surface area contributed by atoms with Crippen LogP contribution in [0.25, 0.3) is 22.3 Å². The third-order valence-electron chi connectivity index (χ3n) is 15.6. The fraction of sp³-hybridized carbons (Fsp3) is 0.415. The van der Waals surface area contributed by atoms with Crippen LogP contribution in [0.2, 0.25) is 0 Å². The molecule has 0 radical (unpaired) electrons. The van der Waals surface area contributed by atoms with Gasteiger partial charge in [0.2, 0.25) is 35.4 Å². The number of likely N-dealkylation sites (N-methyl/N-ethyl adjacent to an activating group) is 2. The zero-order chi connectivity index (χ0) is 59.5. The number of nitrogens with one attached hydrogen (secondary N) is 7. The van der Waals surface area contributed by atoms with E-state index in [0.29, 0.717) is 5.56 Å². The average Bonchev–Trinajstić information content (AvgIpc) is 4.24. The van der Waals surface area contributed by atoms with Crippen molar-refractivity contribution in [1.29, 1.82) is 0 Å². The number of carbonyl (C=O) groups is 8. The van der Waals surface area contributed by atoms with Crippen LogP contribution >= 0.6 is 0 Å². The number of likely N-dealkylation sites (tertiary alicyclic amines) is 2. The van der Waals surface area contributed by atoms with E-state index < -0.39 is 82.7 Å². The van der Waals surface area contributed by atoms with E-state index in [1.165, 1.54) is 9.80 Å². The lowest BCUT2D eigenvalue weighted by Gasteiger charge is -2.36. The predicted molar refractivity (Wildman–Crippen MR) is 318 cm³/mol. The van der Waals surface area contributed by atoms with Crippen molar-refractivity contribution in [3.8, 4) is 22.3 Å². The molecule has 0 spiro atoms. The van der Waals surface area contributed by atoms with Gasteiger partial charge in [-0.2, -0.15) is 0 Å². The lowest BCUT2D eigenvalue weighted by molar-refractivity contribution is -0.144. The van der Waals surface area contributed by atoms with E-state index in [1.54, 1.807) is 52.2 Å². The average molecular weight is 1120 g/mol. The Hall–Kier alpha value is -8.02. The molecule has 0 saturated carbocycles. The molecule has 0 aromatic heterocycles. The van der Waals surface area contributed by atoms with Gasteiger partial charge < -0.3 is 47.0 Å². The number of ketones is 1. The standard InChI is InChI=1S/C65H81N9O8/c1-40(66-9)57(76)71-55(64(3,4)5)62(81)73-38-44(33-52(73)60(79)68-36-42-19-17-25-49(31-42)45-21-13-11-14-22-45)34-54(75)47-27-29-48(30-28-47)59(78)70-51-35-53(74(39-51)63(82)56(65(6,7)8)72-58(77)41(2)67-10)61(80)69-37-43-20-18-26-50(32-43)46-23-15-12-16-24-46/h11-32,40-41,44,51-53,55-56,66-67H,33-39H2,1-10H3,(H,68,79)(H,69,80)(H,70,78)(H,71,76)(H,72,77)/t40-,41-,44+,51-,52-,53-,55+,56+/m0/s1. The Morgan fingerprint density at radius 2 is 0.927 bits per heavy atom. The first-order valence-corrected chi connectivity index (χ1v) is 28.3. The first-order chi connectivity index (χ1) is 38.9. The summed E-state index contributed by atoms with van der Waals surface area (Å²) >= 11 is 0. The first kappa shape index (κ1) is 61.6. The van der Waals surface area contributed by atoms with Gasteiger partial charge in [0, 0.05) is 49.8 Å². The van der Waals surface area contributed by atoms with Crippen molar-refractivity contribution in [2.24, 2.45) is 16.7 Å². The molecule has 7 amide bonds. The summed E-state index contributed by atoms with van der Waals surface area (Å²) in [5.41, 5.74) is 4.85. The topological polar surface area (TPSA) is 227 Å². The first-order valence-electron chi connectivity index (χ1n) is 28.3. The lowest BCUT2D eigenvalue weighted by atomic mass is 9.85. The highest BCUT2D eigenvalue weighted by molar-refractivity contribution is 6.00. The van der Waals surface area contributed by atoms with Gasteiger partial charge in [-0.05, 0) is 115 Å². The van der Waals surface area contributed by atoms with Crippen LogP contribution in [0.15, 0.2) is 133 Å². The lowest BCUT2D eigenvalue weighted by Crippen LogP contribution is -2.59. The molecule has 0 bridgehead atoms. The van der Waals surface area contributed by atoms with Crippen LogP contribution in [0.3, 0.4) is 0 Å². The van der Waals surface area contributed by atoms with Crippen molar-refractivity contribution >= 4 is 47.1 Å². The van der Waals surface area contributed by atoms with Crippen molar-refractivity contribution < 1.29 is 38.4 Å². The molecule has 8 atom stereocenters. The molecule has 17 nitrogen and oxygen atoms in total. The Morgan fingerprint density at radius 1 is 0.512 bits per heavy atom. The van der Waals surface area contributed by atoms with Crippen molar-refractivity contribution in [3.63, 3.8) is 0 Å². The quantitative estimate of drug-likeness (QED) is 0.0399. The summed E-state index contributed by atoms with van der Waals surface area (Å²) in [6, 6.07) is 36.0. The largest absolute Gasteiger partial charge is 0.350 e. The zero-order valence-electron chi connectivity index (χ0n) is 48.9. The molecular weight excluding hydrogens is 1030 g/mol. The number of carbonyl (C=O) groups excluding carboxylic acids is 8. The third-order valence-corrected chi connectivity index (χ3v) is 15.6. The van der Waals surface area contributed by atoms with Gasteiger partial charge >= 0.3 is 0 Å². The highest BCUT2D eigenvalue weighted by atomic mass is 16.2. The molecule has 2 aliphatic rings. The Kier molecular flexibility index (Phi) is 20.4. The second-order valence-electron chi connectivity index (χ2n) is 23.9. The number of rotatable bonds is 21. The SMILES string of the molecule is CN[C@@H](C)C(=O)N[C@H](C(=O)N1C[C@@H](CC(=O)c2ccc(C(=O)N[C@H]3C[C@@H](C(=O)NCc4cccc(-c5ccccc5)c4)N(C(=O)[C@@H](NC(=O)[C@H](C)NC)C(C)(C)C)C3)cc2)C[C@H]1C(=O)NCc1cccc(-c2ccccc2)c1)C(C)(C)C. The summed E-state index contributed by atoms with van der Waals surface area (Å²) < 4.78 is 0. The number of hydrogen-bond acceptors (Lipinski definition) is 10. The maximum absolute atomic E-state index is 14.7. The molecule has 7 rings (SSSR count). The normalized spacial score (nSPS) is 18.6. The smallest absolute Gasteiger partial charge is 0.251 e. The molecule has 5 aromatic carbocycles. The Balaban J connectivity index is 1.05. The minimum Gasteiger partial charge on any atom is -0.350 e. The maximum atomic E-state index is 14.7. The van der Waals surface area contributed by atoms with E-state index >= 15 is 0 Å². The Morgan fingerprint density at radius 3 is 1.37 bits per heavy atom. The zero-order valence-corrected chi connectivity index (χ0v) is 48.9. The second-order valence-corrected chi connectivity index (χ2v) is 23.9.